The van der Waals surface area contributed by atoms with E-state index < -0.39 is 17.8 Å². The molecule has 5 atom stereocenters. The lowest BCUT2D eigenvalue weighted by molar-refractivity contribution is 0.0477. The van der Waals surface area contributed by atoms with Crippen molar-refractivity contribution < 1.29 is 15.3 Å². The summed E-state index contributed by atoms with van der Waals surface area (Å²) in [5, 5.41) is 29.8. The zero-order chi connectivity index (χ0) is 22.0. The molecule has 0 aromatic carbocycles. The second-order valence-corrected chi connectivity index (χ2v) is 10.5. The third-order valence-electron chi connectivity index (χ3n) is 7.67. The summed E-state index contributed by atoms with van der Waals surface area (Å²) in [6.45, 7) is 16.8. The Hall–Kier alpha value is -1.34. The van der Waals surface area contributed by atoms with Gasteiger partial charge in [0.1, 0.15) is 5.60 Å². The van der Waals surface area contributed by atoms with Crippen molar-refractivity contribution in [2.24, 2.45) is 22.7 Å². The lowest BCUT2D eigenvalue weighted by Gasteiger charge is -2.45. The van der Waals surface area contributed by atoms with Crippen LogP contribution in [0, 0.1) is 34.5 Å². The van der Waals surface area contributed by atoms with Gasteiger partial charge in [-0.1, -0.05) is 64.3 Å². The van der Waals surface area contributed by atoms with E-state index >= 15 is 0 Å². The van der Waals surface area contributed by atoms with Crippen LogP contribution in [0.3, 0.4) is 0 Å². The topological polar surface area (TPSA) is 60.7 Å². The Morgan fingerprint density at radius 2 is 1.93 bits per heavy atom. The van der Waals surface area contributed by atoms with Crippen molar-refractivity contribution >= 4 is 0 Å². The number of aliphatic hydroxyl groups excluding tert-OH is 2. The third kappa shape index (κ3) is 5.43. The fourth-order valence-electron chi connectivity index (χ4n) is 4.99. The Labute approximate surface area is 177 Å². The second-order valence-electron chi connectivity index (χ2n) is 10.5. The van der Waals surface area contributed by atoms with Gasteiger partial charge in [0, 0.05) is 12.8 Å². The largest absolute Gasteiger partial charge is 0.393 e. The maximum Gasteiger partial charge on any atom is 0.119 e. The maximum absolute atomic E-state index is 10.0. The molecule has 0 heterocycles. The summed E-state index contributed by atoms with van der Waals surface area (Å²) in [4.78, 5) is 0. The summed E-state index contributed by atoms with van der Waals surface area (Å²) < 4.78 is 0. The Bertz CT molecular complexity index is 725. The minimum absolute atomic E-state index is 0.125. The molecule has 2 rings (SSSR count). The van der Waals surface area contributed by atoms with Crippen molar-refractivity contribution in [3.8, 4) is 11.8 Å². The van der Waals surface area contributed by atoms with E-state index in [-0.39, 0.29) is 10.8 Å². The molecule has 2 aliphatic carbocycles. The van der Waals surface area contributed by atoms with Gasteiger partial charge in [-0.15, -0.1) is 0 Å². The smallest absolute Gasteiger partial charge is 0.119 e. The van der Waals surface area contributed by atoms with E-state index in [0.29, 0.717) is 24.7 Å². The number of rotatable bonds is 4. The second kappa shape index (κ2) is 8.80. The molecule has 0 saturated heterocycles. The number of hydrogen-bond acceptors (Lipinski definition) is 3. The Morgan fingerprint density at radius 1 is 1.28 bits per heavy atom. The van der Waals surface area contributed by atoms with Crippen LogP contribution in [0.15, 0.2) is 36.0 Å². The highest BCUT2D eigenvalue weighted by atomic mass is 16.3. The fraction of sp³-hybridized carbons (Fsp3) is 0.692. The maximum atomic E-state index is 10.0. The number of aliphatic hydroxyl groups is 3. The molecule has 0 amide bonds. The van der Waals surface area contributed by atoms with Gasteiger partial charge >= 0.3 is 0 Å². The van der Waals surface area contributed by atoms with Crippen LogP contribution in [0.2, 0.25) is 0 Å². The van der Waals surface area contributed by atoms with E-state index in [2.05, 4.69) is 58.3 Å². The van der Waals surface area contributed by atoms with Crippen LogP contribution in [0.5, 0.6) is 0 Å². The fourth-order valence-corrected chi connectivity index (χ4v) is 4.99. The summed E-state index contributed by atoms with van der Waals surface area (Å²) in [5.74, 6) is 7.04. The first-order valence-corrected chi connectivity index (χ1v) is 10.9. The lowest BCUT2D eigenvalue weighted by Crippen LogP contribution is -2.38. The van der Waals surface area contributed by atoms with Gasteiger partial charge in [0.2, 0.25) is 0 Å². The Kier molecular flexibility index (Phi) is 7.26. The van der Waals surface area contributed by atoms with E-state index in [9.17, 15) is 15.3 Å². The van der Waals surface area contributed by atoms with Crippen molar-refractivity contribution in [2.45, 2.75) is 91.5 Å². The van der Waals surface area contributed by atoms with E-state index in [1.54, 1.807) is 13.8 Å². The predicted octanol–water partition coefficient (Wildman–Crippen LogP) is 4.78. The van der Waals surface area contributed by atoms with E-state index in [0.717, 1.165) is 30.4 Å². The quantitative estimate of drug-likeness (QED) is 0.595. The number of hydrogen-bond donors (Lipinski definition) is 3. The molecule has 0 bridgehead atoms. The average Bonchev–Trinajstić information content (AvgIpc) is 2.82. The Morgan fingerprint density at radius 3 is 2.55 bits per heavy atom. The standard InChI is InChI=1S/C26H40O3/c1-18(10-9-14-24(3,4)29)26(7)15-13-21(25(26,5)6)12-8-11-20-16-22(27)17-23(28)19(20)2/h8,11-12,18,21-23,27-29H,2,10,13,15-17H2,1,3-7H3/b12-8+,20-11+/t18-,21-,22-,23+,26-/m1/s1. The van der Waals surface area contributed by atoms with Crippen LogP contribution in [0.1, 0.15) is 73.6 Å². The van der Waals surface area contributed by atoms with Crippen LogP contribution in [0.25, 0.3) is 0 Å². The van der Waals surface area contributed by atoms with Crippen LogP contribution in [0.4, 0.5) is 0 Å². The summed E-state index contributed by atoms with van der Waals surface area (Å²) in [6, 6.07) is 0. The molecule has 0 aliphatic heterocycles. The van der Waals surface area contributed by atoms with Gasteiger partial charge in [-0.2, -0.15) is 0 Å². The molecule has 29 heavy (non-hydrogen) atoms. The van der Waals surface area contributed by atoms with Gasteiger partial charge in [0.25, 0.3) is 0 Å². The highest BCUT2D eigenvalue weighted by Crippen LogP contribution is 2.60. The summed E-state index contributed by atoms with van der Waals surface area (Å²) in [7, 11) is 0. The molecule has 3 nitrogen and oxygen atoms in total. The van der Waals surface area contributed by atoms with Crippen LogP contribution in [-0.2, 0) is 0 Å². The Balaban J connectivity index is 2.10. The van der Waals surface area contributed by atoms with Crippen LogP contribution >= 0.6 is 0 Å². The average molecular weight is 401 g/mol. The van der Waals surface area contributed by atoms with Gasteiger partial charge in [-0.05, 0) is 66.9 Å². The molecule has 3 heteroatoms. The normalized spacial score (nSPS) is 35.0. The van der Waals surface area contributed by atoms with E-state index in [1.165, 1.54) is 0 Å². The molecule has 2 saturated carbocycles. The van der Waals surface area contributed by atoms with E-state index in [1.807, 2.05) is 6.08 Å². The lowest BCUT2D eigenvalue weighted by atomic mass is 9.59. The SMILES string of the molecule is C=C1/C(=C/C=C/[C@@H]2CC[C@](C)([C@H](C)CC#CC(C)(C)O)C2(C)C)C[C@@H](O)C[C@@H]1O. The van der Waals surface area contributed by atoms with Crippen molar-refractivity contribution in [1.29, 1.82) is 0 Å². The van der Waals surface area contributed by atoms with Gasteiger partial charge in [0.15, 0.2) is 0 Å². The van der Waals surface area contributed by atoms with Crippen LogP contribution < -0.4 is 0 Å². The third-order valence-corrected chi connectivity index (χ3v) is 7.67. The van der Waals surface area contributed by atoms with Crippen LogP contribution in [-0.4, -0.2) is 33.1 Å². The zero-order valence-corrected chi connectivity index (χ0v) is 19.1. The minimum atomic E-state index is -0.936. The van der Waals surface area contributed by atoms with Gasteiger partial charge in [0.05, 0.1) is 12.2 Å². The van der Waals surface area contributed by atoms with Crippen molar-refractivity contribution in [2.75, 3.05) is 0 Å². The van der Waals surface area contributed by atoms with Gasteiger partial charge in [-0.25, -0.2) is 0 Å². The van der Waals surface area contributed by atoms with Gasteiger partial charge in [-0.3, -0.25) is 0 Å². The molecule has 0 unspecified atom stereocenters. The van der Waals surface area contributed by atoms with E-state index in [4.69, 9.17) is 0 Å². The molecule has 0 aromatic rings. The first-order chi connectivity index (χ1) is 13.3. The molecular formula is C26H40O3. The van der Waals surface area contributed by atoms with Crippen molar-refractivity contribution in [3.63, 3.8) is 0 Å². The summed E-state index contributed by atoms with van der Waals surface area (Å²) in [6.07, 6.45) is 9.27. The molecule has 162 valence electrons. The zero-order valence-electron chi connectivity index (χ0n) is 19.1. The molecular weight excluding hydrogens is 360 g/mol. The first-order valence-electron chi connectivity index (χ1n) is 10.9. The minimum Gasteiger partial charge on any atom is -0.393 e. The molecule has 3 N–H and O–H groups in total. The number of allylic oxidation sites excluding steroid dienone is 3. The van der Waals surface area contributed by atoms with Gasteiger partial charge < -0.3 is 15.3 Å². The molecule has 2 aliphatic rings. The monoisotopic (exact) mass is 400 g/mol. The highest BCUT2D eigenvalue weighted by Gasteiger charge is 2.52. The molecule has 2 fully saturated rings. The molecule has 0 aromatic heterocycles. The molecule has 0 radical (unpaired) electrons. The predicted molar refractivity (Wildman–Crippen MR) is 120 cm³/mol. The summed E-state index contributed by atoms with van der Waals surface area (Å²) in [5.41, 5.74) is 1.04. The molecule has 0 spiro atoms. The van der Waals surface area contributed by atoms with Crippen molar-refractivity contribution in [1.82, 2.24) is 0 Å². The summed E-state index contributed by atoms with van der Waals surface area (Å²) >= 11 is 0. The first kappa shape index (κ1) is 23.9. The van der Waals surface area contributed by atoms with Crippen molar-refractivity contribution in [3.05, 3.63) is 36.0 Å². The highest BCUT2D eigenvalue weighted by molar-refractivity contribution is 5.37.